The summed E-state index contributed by atoms with van der Waals surface area (Å²) in [6, 6.07) is 0.0790. The first-order valence-corrected chi connectivity index (χ1v) is 8.52. The largest absolute Gasteiger partial charge is 0.444 e. The van der Waals surface area contributed by atoms with E-state index in [0.717, 1.165) is 23.4 Å². The van der Waals surface area contributed by atoms with Crippen LogP contribution in [0.25, 0.3) is 0 Å². The number of amidine groups is 1. The predicted molar refractivity (Wildman–Crippen MR) is 83.1 cm³/mol. The van der Waals surface area contributed by atoms with Crippen molar-refractivity contribution in [2.75, 3.05) is 12.3 Å². The van der Waals surface area contributed by atoms with Crippen LogP contribution in [0.15, 0.2) is 15.6 Å². The van der Waals surface area contributed by atoms with Crippen LogP contribution in [0.1, 0.15) is 56.7 Å². The standard InChI is InChI=1S/C15H23N3OS/c1-11-8-16-13(19-11)12(2)18-14-17-9-15(10-20-14)6-4-3-5-7-15/h8,12H,3-7,9-10H2,1-2H3,(H,17,18). The van der Waals surface area contributed by atoms with E-state index in [0.29, 0.717) is 5.41 Å². The smallest absolute Gasteiger partial charge is 0.216 e. The van der Waals surface area contributed by atoms with E-state index in [9.17, 15) is 0 Å². The molecule has 1 aromatic heterocycles. The van der Waals surface area contributed by atoms with Crippen LogP contribution in [0.5, 0.6) is 0 Å². The number of aliphatic imine (C=N–C) groups is 1. The minimum Gasteiger partial charge on any atom is -0.444 e. The third kappa shape index (κ3) is 3.03. The third-order valence-corrected chi connectivity index (χ3v) is 5.61. The van der Waals surface area contributed by atoms with E-state index < -0.39 is 0 Å². The zero-order chi connectivity index (χ0) is 14.0. The minimum absolute atomic E-state index is 0.0790. The summed E-state index contributed by atoms with van der Waals surface area (Å²) in [5.74, 6) is 2.80. The quantitative estimate of drug-likeness (QED) is 0.903. The SMILES string of the molecule is Cc1cnc(C(C)NC2=NCC3(CCCCC3)CS2)o1. The van der Waals surface area contributed by atoms with E-state index in [1.165, 1.54) is 37.9 Å². The van der Waals surface area contributed by atoms with E-state index in [4.69, 9.17) is 9.41 Å². The molecule has 0 radical (unpaired) electrons. The molecule has 0 saturated heterocycles. The van der Waals surface area contributed by atoms with Crippen molar-refractivity contribution in [2.45, 2.75) is 52.0 Å². The van der Waals surface area contributed by atoms with Crippen LogP contribution in [0.2, 0.25) is 0 Å². The van der Waals surface area contributed by atoms with Crippen molar-refractivity contribution >= 4 is 16.9 Å². The summed E-state index contributed by atoms with van der Waals surface area (Å²) in [6.45, 7) is 4.97. The molecule has 20 heavy (non-hydrogen) atoms. The Morgan fingerprint density at radius 1 is 1.35 bits per heavy atom. The molecule has 5 heteroatoms. The number of aromatic nitrogens is 1. The van der Waals surface area contributed by atoms with E-state index >= 15 is 0 Å². The number of aryl methyl sites for hydroxylation is 1. The van der Waals surface area contributed by atoms with Gasteiger partial charge >= 0.3 is 0 Å². The van der Waals surface area contributed by atoms with Gasteiger partial charge in [0.15, 0.2) is 5.17 Å². The number of oxazole rings is 1. The number of thioether (sulfide) groups is 1. The van der Waals surface area contributed by atoms with Gasteiger partial charge in [-0.25, -0.2) is 4.98 Å². The van der Waals surface area contributed by atoms with Crippen LogP contribution in [0.4, 0.5) is 0 Å². The lowest BCUT2D eigenvalue weighted by Gasteiger charge is -2.38. The van der Waals surface area contributed by atoms with Gasteiger partial charge in [-0.15, -0.1) is 0 Å². The van der Waals surface area contributed by atoms with Gasteiger partial charge in [0, 0.05) is 12.3 Å². The van der Waals surface area contributed by atoms with Gasteiger partial charge in [0.05, 0.1) is 6.20 Å². The van der Waals surface area contributed by atoms with Gasteiger partial charge in [0.25, 0.3) is 0 Å². The van der Waals surface area contributed by atoms with Crippen LogP contribution in [-0.4, -0.2) is 22.4 Å². The van der Waals surface area contributed by atoms with Crippen LogP contribution in [0, 0.1) is 12.3 Å². The van der Waals surface area contributed by atoms with Gasteiger partial charge in [0.2, 0.25) is 5.89 Å². The molecule has 2 aliphatic rings. The lowest BCUT2D eigenvalue weighted by atomic mass is 9.75. The summed E-state index contributed by atoms with van der Waals surface area (Å²) >= 11 is 1.87. The molecule has 1 fully saturated rings. The Hall–Kier alpha value is -0.970. The molecule has 1 saturated carbocycles. The number of nitrogens with one attached hydrogen (secondary N) is 1. The molecule has 2 heterocycles. The topological polar surface area (TPSA) is 50.4 Å². The molecule has 1 spiro atoms. The number of hydrogen-bond acceptors (Lipinski definition) is 5. The Morgan fingerprint density at radius 2 is 2.15 bits per heavy atom. The molecular formula is C15H23N3OS. The summed E-state index contributed by atoms with van der Waals surface area (Å²) in [5.41, 5.74) is 0.483. The maximum atomic E-state index is 5.56. The highest BCUT2D eigenvalue weighted by Crippen LogP contribution is 2.41. The first-order chi connectivity index (χ1) is 9.67. The predicted octanol–water partition coefficient (Wildman–Crippen LogP) is 3.69. The van der Waals surface area contributed by atoms with E-state index in [-0.39, 0.29) is 6.04 Å². The second kappa shape index (κ2) is 5.80. The Bertz CT molecular complexity index is 491. The summed E-state index contributed by atoms with van der Waals surface area (Å²) in [4.78, 5) is 9.05. The van der Waals surface area contributed by atoms with Crippen molar-refractivity contribution < 1.29 is 4.42 Å². The molecule has 1 unspecified atom stereocenters. The zero-order valence-corrected chi connectivity index (χ0v) is 13.1. The number of rotatable bonds is 2. The van der Waals surface area contributed by atoms with E-state index in [2.05, 4.69) is 17.2 Å². The molecule has 110 valence electrons. The molecule has 3 rings (SSSR count). The Labute approximate surface area is 124 Å². The Balaban J connectivity index is 1.59. The van der Waals surface area contributed by atoms with Gasteiger partial charge in [-0.1, -0.05) is 31.0 Å². The van der Waals surface area contributed by atoms with Gasteiger partial charge < -0.3 is 9.73 Å². The highest BCUT2D eigenvalue weighted by Gasteiger charge is 2.35. The van der Waals surface area contributed by atoms with Crippen LogP contribution in [-0.2, 0) is 0 Å². The summed E-state index contributed by atoms with van der Waals surface area (Å²) in [5, 5.41) is 4.47. The van der Waals surface area contributed by atoms with Crippen molar-refractivity contribution in [3.8, 4) is 0 Å². The lowest BCUT2D eigenvalue weighted by molar-refractivity contribution is 0.232. The fourth-order valence-electron chi connectivity index (χ4n) is 3.06. The van der Waals surface area contributed by atoms with Crippen molar-refractivity contribution in [1.82, 2.24) is 10.3 Å². The van der Waals surface area contributed by atoms with Crippen LogP contribution in [0.3, 0.4) is 0 Å². The Kier molecular flexibility index (Phi) is 4.06. The summed E-state index contributed by atoms with van der Waals surface area (Å²) in [6.07, 6.45) is 8.63. The third-order valence-electron chi connectivity index (χ3n) is 4.34. The lowest BCUT2D eigenvalue weighted by Crippen LogP contribution is -2.37. The van der Waals surface area contributed by atoms with Crippen molar-refractivity contribution in [3.63, 3.8) is 0 Å². The molecule has 1 aliphatic heterocycles. The molecule has 1 aromatic rings. The summed E-state index contributed by atoms with van der Waals surface area (Å²) < 4.78 is 5.56. The minimum atomic E-state index is 0.0790. The van der Waals surface area contributed by atoms with E-state index in [1.54, 1.807) is 6.20 Å². The molecule has 1 aliphatic carbocycles. The molecule has 0 bridgehead atoms. The van der Waals surface area contributed by atoms with E-state index in [1.807, 2.05) is 18.7 Å². The van der Waals surface area contributed by atoms with Crippen molar-refractivity contribution in [2.24, 2.45) is 10.4 Å². The molecular weight excluding hydrogens is 270 g/mol. The van der Waals surface area contributed by atoms with Crippen molar-refractivity contribution in [1.29, 1.82) is 0 Å². The van der Waals surface area contributed by atoms with Gasteiger partial charge in [-0.2, -0.15) is 0 Å². The van der Waals surface area contributed by atoms with Gasteiger partial charge in [0.1, 0.15) is 11.8 Å². The molecule has 0 amide bonds. The van der Waals surface area contributed by atoms with Crippen molar-refractivity contribution in [3.05, 3.63) is 17.8 Å². The first kappa shape index (κ1) is 14.0. The molecule has 1 N–H and O–H groups in total. The van der Waals surface area contributed by atoms with Gasteiger partial charge in [-0.05, 0) is 32.1 Å². The second-order valence-electron chi connectivity index (χ2n) is 6.15. The van der Waals surface area contributed by atoms with Crippen LogP contribution < -0.4 is 5.32 Å². The fourth-order valence-corrected chi connectivity index (χ4v) is 4.30. The zero-order valence-electron chi connectivity index (χ0n) is 12.3. The number of nitrogens with zero attached hydrogens (tertiary/aromatic N) is 2. The maximum absolute atomic E-state index is 5.56. The normalized spacial score (nSPS) is 23.4. The highest BCUT2D eigenvalue weighted by atomic mass is 32.2. The first-order valence-electron chi connectivity index (χ1n) is 7.53. The van der Waals surface area contributed by atoms with Crippen LogP contribution >= 0.6 is 11.8 Å². The monoisotopic (exact) mass is 293 g/mol. The fraction of sp³-hybridized carbons (Fsp3) is 0.733. The molecule has 1 atom stereocenters. The molecule has 4 nitrogen and oxygen atoms in total. The highest BCUT2D eigenvalue weighted by molar-refractivity contribution is 8.13. The maximum Gasteiger partial charge on any atom is 0.216 e. The second-order valence-corrected chi connectivity index (χ2v) is 7.11. The average molecular weight is 293 g/mol. The number of hydrogen-bond donors (Lipinski definition) is 1. The molecule has 0 aromatic carbocycles. The summed E-state index contributed by atoms with van der Waals surface area (Å²) in [7, 11) is 0. The Morgan fingerprint density at radius 3 is 2.75 bits per heavy atom. The van der Waals surface area contributed by atoms with Gasteiger partial charge in [-0.3, -0.25) is 4.99 Å². The average Bonchev–Trinajstić information content (AvgIpc) is 2.89.